The van der Waals surface area contributed by atoms with Crippen LogP contribution < -0.4 is 10.1 Å². The summed E-state index contributed by atoms with van der Waals surface area (Å²) in [5, 5.41) is 17.4. The highest BCUT2D eigenvalue weighted by molar-refractivity contribution is 6.05. The molecule has 0 radical (unpaired) electrons. The van der Waals surface area contributed by atoms with E-state index in [9.17, 15) is 19.3 Å². The first kappa shape index (κ1) is 19.0. The molecule has 0 fully saturated rings. The number of nitrogens with one attached hydrogen (secondary N) is 1. The number of nitro benzene ring substituents is 1. The fraction of sp³-hybridized carbons (Fsp3) is 0.158. The average molecular weight is 385 g/mol. The number of benzene rings is 2. The van der Waals surface area contributed by atoms with Crippen molar-refractivity contribution in [2.45, 2.75) is 20.5 Å². The molecular weight excluding hydrogens is 369 g/mol. The number of rotatable bonds is 6. The van der Waals surface area contributed by atoms with Crippen LogP contribution in [0.1, 0.15) is 27.4 Å². The summed E-state index contributed by atoms with van der Waals surface area (Å²) in [6.07, 6.45) is 0. The summed E-state index contributed by atoms with van der Waals surface area (Å²) >= 11 is 0. The Morgan fingerprint density at radius 2 is 2.04 bits per heavy atom. The highest BCUT2D eigenvalue weighted by Crippen LogP contribution is 2.27. The lowest BCUT2D eigenvalue weighted by Gasteiger charge is -2.08. The molecule has 0 spiro atoms. The number of nitrogens with zero attached hydrogens (tertiary/aromatic N) is 2. The number of carbonyl (C=O) groups is 1. The van der Waals surface area contributed by atoms with Gasteiger partial charge in [-0.3, -0.25) is 14.9 Å². The first-order chi connectivity index (χ1) is 13.4. The van der Waals surface area contributed by atoms with Crippen molar-refractivity contribution in [3.8, 4) is 5.75 Å². The molecule has 0 aliphatic rings. The molecule has 1 N–H and O–H groups in total. The predicted octanol–water partition coefficient (Wildman–Crippen LogP) is 4.17. The second-order valence-corrected chi connectivity index (χ2v) is 6.02. The second-order valence-electron chi connectivity index (χ2n) is 6.02. The number of aryl methyl sites for hydroxylation is 2. The zero-order valence-corrected chi connectivity index (χ0v) is 15.1. The van der Waals surface area contributed by atoms with Crippen LogP contribution in [0.15, 0.2) is 47.0 Å². The largest absolute Gasteiger partial charge is 0.486 e. The minimum atomic E-state index is -0.698. The number of halogens is 1. The zero-order chi connectivity index (χ0) is 20.3. The summed E-state index contributed by atoms with van der Waals surface area (Å²) in [6, 6.07) is 10.3. The number of nitro groups is 1. The van der Waals surface area contributed by atoms with Crippen LogP contribution in [0.3, 0.4) is 0 Å². The van der Waals surface area contributed by atoms with E-state index < -0.39 is 16.6 Å². The number of para-hydroxylation sites is 1. The van der Waals surface area contributed by atoms with Gasteiger partial charge in [0.25, 0.3) is 11.6 Å². The van der Waals surface area contributed by atoms with Gasteiger partial charge in [0, 0.05) is 6.07 Å². The van der Waals surface area contributed by atoms with E-state index >= 15 is 0 Å². The lowest BCUT2D eigenvalue weighted by atomic mass is 10.1. The van der Waals surface area contributed by atoms with Crippen molar-refractivity contribution in [2.24, 2.45) is 0 Å². The molecule has 8 nitrogen and oxygen atoms in total. The summed E-state index contributed by atoms with van der Waals surface area (Å²) in [4.78, 5) is 23.2. The van der Waals surface area contributed by atoms with Crippen molar-refractivity contribution < 1.29 is 23.4 Å². The SMILES string of the molecule is Cc1ccc(NC(=O)c2noc(C)c2COc2ccccc2F)c([N+](=O)[O-])c1. The minimum Gasteiger partial charge on any atom is -0.486 e. The van der Waals surface area contributed by atoms with Crippen LogP contribution in [0.5, 0.6) is 5.75 Å². The van der Waals surface area contributed by atoms with Gasteiger partial charge in [-0.2, -0.15) is 0 Å². The second kappa shape index (κ2) is 7.87. The topological polar surface area (TPSA) is 108 Å². The highest BCUT2D eigenvalue weighted by atomic mass is 19.1. The molecule has 28 heavy (non-hydrogen) atoms. The molecule has 3 rings (SSSR count). The molecule has 0 atom stereocenters. The molecule has 0 aliphatic carbocycles. The summed E-state index contributed by atoms with van der Waals surface area (Å²) < 4.78 is 24.2. The van der Waals surface area contributed by atoms with E-state index in [0.29, 0.717) is 16.9 Å². The first-order valence-corrected chi connectivity index (χ1v) is 8.25. The van der Waals surface area contributed by atoms with E-state index in [1.54, 1.807) is 26.0 Å². The molecule has 0 saturated heterocycles. The van der Waals surface area contributed by atoms with Crippen LogP contribution in [-0.4, -0.2) is 16.0 Å². The summed E-state index contributed by atoms with van der Waals surface area (Å²) in [5.41, 5.74) is 0.695. The fourth-order valence-electron chi connectivity index (χ4n) is 2.53. The van der Waals surface area contributed by atoms with Gasteiger partial charge < -0.3 is 14.6 Å². The number of hydrogen-bond acceptors (Lipinski definition) is 6. The Labute approximate surface area is 159 Å². The molecule has 0 aliphatic heterocycles. The molecule has 0 saturated carbocycles. The van der Waals surface area contributed by atoms with Crippen LogP contribution in [0.2, 0.25) is 0 Å². The van der Waals surface area contributed by atoms with Crippen LogP contribution >= 0.6 is 0 Å². The van der Waals surface area contributed by atoms with Crippen LogP contribution in [0.25, 0.3) is 0 Å². The van der Waals surface area contributed by atoms with Gasteiger partial charge in [-0.1, -0.05) is 23.4 Å². The lowest BCUT2D eigenvalue weighted by molar-refractivity contribution is -0.384. The first-order valence-electron chi connectivity index (χ1n) is 8.25. The third-order valence-corrected chi connectivity index (χ3v) is 4.01. The Balaban J connectivity index is 1.82. The van der Waals surface area contributed by atoms with Gasteiger partial charge in [-0.25, -0.2) is 4.39 Å². The summed E-state index contributed by atoms with van der Waals surface area (Å²) in [5.74, 6) is -0.905. The quantitative estimate of drug-likeness (QED) is 0.504. The third kappa shape index (κ3) is 3.98. The van der Waals surface area contributed by atoms with E-state index in [4.69, 9.17) is 9.26 Å². The van der Waals surface area contributed by atoms with Crippen molar-refractivity contribution in [3.63, 3.8) is 0 Å². The average Bonchev–Trinajstić information content (AvgIpc) is 3.03. The van der Waals surface area contributed by atoms with Gasteiger partial charge in [0.15, 0.2) is 17.3 Å². The molecule has 1 amide bonds. The van der Waals surface area contributed by atoms with E-state index in [-0.39, 0.29) is 29.4 Å². The van der Waals surface area contributed by atoms with E-state index in [2.05, 4.69) is 10.5 Å². The Bertz CT molecular complexity index is 1050. The predicted molar refractivity (Wildman–Crippen MR) is 97.8 cm³/mol. The molecule has 0 bridgehead atoms. The maximum absolute atomic E-state index is 13.7. The molecular formula is C19H16FN3O5. The van der Waals surface area contributed by atoms with Gasteiger partial charge in [0.1, 0.15) is 18.1 Å². The maximum atomic E-state index is 13.7. The maximum Gasteiger partial charge on any atom is 0.293 e. The van der Waals surface area contributed by atoms with Gasteiger partial charge >= 0.3 is 0 Å². The monoisotopic (exact) mass is 385 g/mol. The van der Waals surface area contributed by atoms with Crippen molar-refractivity contribution in [1.29, 1.82) is 0 Å². The molecule has 3 aromatic rings. The Hall–Kier alpha value is -3.75. The molecule has 1 aromatic heterocycles. The van der Waals surface area contributed by atoms with Gasteiger partial charge in [-0.15, -0.1) is 0 Å². The molecule has 1 heterocycles. The van der Waals surface area contributed by atoms with Gasteiger partial charge in [0.2, 0.25) is 0 Å². The number of ether oxygens (including phenoxy) is 1. The molecule has 2 aromatic carbocycles. The van der Waals surface area contributed by atoms with E-state index in [0.717, 1.165) is 0 Å². The summed E-state index contributed by atoms with van der Waals surface area (Å²) in [7, 11) is 0. The number of aromatic nitrogens is 1. The number of amides is 1. The number of hydrogen-bond donors (Lipinski definition) is 1. The molecule has 0 unspecified atom stereocenters. The van der Waals surface area contributed by atoms with Crippen molar-refractivity contribution in [1.82, 2.24) is 5.16 Å². The molecule has 144 valence electrons. The van der Waals surface area contributed by atoms with Crippen molar-refractivity contribution in [2.75, 3.05) is 5.32 Å². The zero-order valence-electron chi connectivity index (χ0n) is 15.1. The fourth-order valence-corrected chi connectivity index (χ4v) is 2.53. The lowest BCUT2D eigenvalue weighted by Crippen LogP contribution is -2.16. The smallest absolute Gasteiger partial charge is 0.293 e. The standard InChI is InChI=1S/C19H16FN3O5/c1-11-7-8-15(16(9-11)23(25)26)21-19(24)18-13(12(2)28-22-18)10-27-17-6-4-3-5-14(17)20/h3-9H,10H2,1-2H3,(H,21,24). The Morgan fingerprint density at radius 3 is 2.75 bits per heavy atom. The number of anilines is 1. The third-order valence-electron chi connectivity index (χ3n) is 4.01. The van der Waals surface area contributed by atoms with Crippen LogP contribution in [0.4, 0.5) is 15.8 Å². The van der Waals surface area contributed by atoms with Crippen molar-refractivity contribution in [3.05, 3.63) is 81.0 Å². The molecule has 9 heteroatoms. The van der Waals surface area contributed by atoms with E-state index in [1.807, 2.05) is 0 Å². The van der Waals surface area contributed by atoms with Crippen molar-refractivity contribution >= 4 is 17.3 Å². The minimum absolute atomic E-state index is 0.0173. The highest BCUT2D eigenvalue weighted by Gasteiger charge is 2.23. The van der Waals surface area contributed by atoms with Gasteiger partial charge in [0.05, 0.1) is 10.5 Å². The Morgan fingerprint density at radius 1 is 1.29 bits per heavy atom. The van der Waals surface area contributed by atoms with E-state index in [1.165, 1.54) is 30.3 Å². The summed E-state index contributed by atoms with van der Waals surface area (Å²) in [6.45, 7) is 3.13. The number of carbonyl (C=O) groups excluding carboxylic acids is 1. The van der Waals surface area contributed by atoms with Gasteiger partial charge in [-0.05, 0) is 37.6 Å². The Kier molecular flexibility index (Phi) is 5.35. The normalized spacial score (nSPS) is 10.5. The van der Waals surface area contributed by atoms with Crippen LogP contribution in [-0.2, 0) is 6.61 Å². The van der Waals surface area contributed by atoms with Crippen LogP contribution in [0, 0.1) is 29.8 Å².